The van der Waals surface area contributed by atoms with Crippen LogP contribution in [0.1, 0.15) is 44.0 Å². The fraction of sp³-hybridized carbons (Fsp3) is 0.500. The summed E-state index contributed by atoms with van der Waals surface area (Å²) in [4.78, 5) is 20.9. The number of hydrogen-bond acceptors (Lipinski definition) is 4. The molecule has 0 saturated heterocycles. The van der Waals surface area contributed by atoms with Crippen LogP contribution in [-0.2, 0) is 0 Å². The molecule has 21 heavy (non-hydrogen) atoms. The van der Waals surface area contributed by atoms with Gasteiger partial charge in [0.2, 0.25) is 0 Å². The average molecular weight is 298 g/mol. The van der Waals surface area contributed by atoms with Crippen LogP contribution in [-0.4, -0.2) is 22.0 Å². The summed E-state index contributed by atoms with van der Waals surface area (Å²) in [5, 5.41) is 22.6. The zero-order valence-electron chi connectivity index (χ0n) is 12.2. The summed E-state index contributed by atoms with van der Waals surface area (Å²) in [5.74, 6) is -1.85. The average Bonchev–Trinajstić information content (AvgIpc) is 2.39. The fourth-order valence-electron chi connectivity index (χ4n) is 2.09. The number of nitro groups is 1. The summed E-state index contributed by atoms with van der Waals surface area (Å²) < 4.78 is 13.9. The van der Waals surface area contributed by atoms with E-state index in [1.165, 1.54) is 0 Å². The third-order valence-corrected chi connectivity index (χ3v) is 3.37. The van der Waals surface area contributed by atoms with Crippen LogP contribution in [0.4, 0.5) is 15.8 Å². The molecule has 2 unspecified atom stereocenters. The van der Waals surface area contributed by atoms with E-state index in [1.807, 2.05) is 13.8 Å². The predicted octanol–water partition coefficient (Wildman–Crippen LogP) is 3.67. The van der Waals surface area contributed by atoms with Crippen molar-refractivity contribution in [1.29, 1.82) is 0 Å². The van der Waals surface area contributed by atoms with Crippen molar-refractivity contribution in [2.45, 2.75) is 39.7 Å². The van der Waals surface area contributed by atoms with Crippen molar-refractivity contribution in [3.05, 3.63) is 33.6 Å². The minimum atomic E-state index is -1.46. The maximum Gasteiger partial charge on any atom is 0.342 e. The lowest BCUT2D eigenvalue weighted by Gasteiger charge is -2.19. The molecule has 0 aliphatic carbocycles. The van der Waals surface area contributed by atoms with Gasteiger partial charge in [-0.15, -0.1) is 0 Å². The van der Waals surface area contributed by atoms with Crippen LogP contribution < -0.4 is 5.32 Å². The molecule has 0 heterocycles. The number of nitrogens with one attached hydrogen (secondary N) is 1. The first-order chi connectivity index (χ1) is 9.76. The highest BCUT2D eigenvalue weighted by molar-refractivity contribution is 5.93. The molecule has 1 aromatic rings. The maximum absolute atomic E-state index is 13.9. The summed E-state index contributed by atoms with van der Waals surface area (Å²) in [6.07, 6.45) is 1.77. The third-order valence-electron chi connectivity index (χ3n) is 3.37. The molecule has 0 radical (unpaired) electrons. The van der Waals surface area contributed by atoms with E-state index in [1.54, 1.807) is 0 Å². The van der Waals surface area contributed by atoms with E-state index in [0.717, 1.165) is 18.9 Å². The number of rotatable bonds is 7. The number of nitro benzene ring substituents is 1. The van der Waals surface area contributed by atoms with Crippen molar-refractivity contribution in [3.63, 3.8) is 0 Å². The smallest absolute Gasteiger partial charge is 0.342 e. The Morgan fingerprint density at radius 3 is 2.57 bits per heavy atom. The van der Waals surface area contributed by atoms with Gasteiger partial charge < -0.3 is 10.4 Å². The third kappa shape index (κ3) is 4.40. The molecule has 0 bridgehead atoms. The Labute approximate surface area is 122 Å². The van der Waals surface area contributed by atoms with E-state index in [0.29, 0.717) is 12.0 Å². The van der Waals surface area contributed by atoms with Crippen LogP contribution in [0.25, 0.3) is 0 Å². The fourth-order valence-corrected chi connectivity index (χ4v) is 2.09. The van der Waals surface area contributed by atoms with E-state index < -0.39 is 28.0 Å². The quantitative estimate of drug-likeness (QED) is 0.592. The van der Waals surface area contributed by atoms with Crippen molar-refractivity contribution >= 4 is 17.3 Å². The summed E-state index contributed by atoms with van der Waals surface area (Å²) in [5.41, 5.74) is -1.31. The Hall–Kier alpha value is -2.18. The molecule has 0 aliphatic heterocycles. The van der Waals surface area contributed by atoms with Gasteiger partial charge >= 0.3 is 5.97 Å². The summed E-state index contributed by atoms with van der Waals surface area (Å²) in [6.45, 7) is 5.97. The van der Waals surface area contributed by atoms with Gasteiger partial charge in [-0.2, -0.15) is 0 Å². The largest absolute Gasteiger partial charge is 0.477 e. The summed E-state index contributed by atoms with van der Waals surface area (Å²) in [7, 11) is 0. The molecule has 6 nitrogen and oxygen atoms in total. The zero-order chi connectivity index (χ0) is 16.2. The molecule has 1 rings (SSSR count). The van der Waals surface area contributed by atoms with Gasteiger partial charge in [0.1, 0.15) is 5.56 Å². The number of benzene rings is 1. The van der Waals surface area contributed by atoms with Crippen LogP contribution in [0.5, 0.6) is 0 Å². The number of anilines is 1. The van der Waals surface area contributed by atoms with Gasteiger partial charge in [-0.3, -0.25) is 10.1 Å². The van der Waals surface area contributed by atoms with Crippen LogP contribution in [0.15, 0.2) is 12.1 Å². The second-order valence-corrected chi connectivity index (χ2v) is 5.21. The number of carboxylic acid groups (broad SMARTS) is 1. The van der Waals surface area contributed by atoms with Gasteiger partial charge in [-0.1, -0.05) is 20.3 Å². The molecular formula is C14H19FN2O4. The molecule has 0 amide bonds. The Balaban J connectivity index is 3.06. The zero-order valence-corrected chi connectivity index (χ0v) is 12.2. The normalized spacial score (nSPS) is 13.5. The molecular weight excluding hydrogens is 279 g/mol. The summed E-state index contributed by atoms with van der Waals surface area (Å²) >= 11 is 0. The standard InChI is InChI=1S/C14H19FN2O4/c1-4-8(2)5-9(3)16-12-6-10(14(18)19)13(17(20)21)7-11(12)15/h6-9,16H,4-5H2,1-3H3,(H,18,19). The predicted molar refractivity (Wildman–Crippen MR) is 77.2 cm³/mol. The SMILES string of the molecule is CCC(C)CC(C)Nc1cc(C(=O)O)c([N+](=O)[O-])cc1F. The maximum atomic E-state index is 13.9. The van der Waals surface area contributed by atoms with Gasteiger partial charge in [-0.05, 0) is 25.3 Å². The van der Waals surface area contributed by atoms with Crippen molar-refractivity contribution in [3.8, 4) is 0 Å². The molecule has 0 fully saturated rings. The molecule has 0 spiro atoms. The van der Waals surface area contributed by atoms with Crippen LogP contribution >= 0.6 is 0 Å². The van der Waals surface area contributed by atoms with Gasteiger partial charge in [-0.25, -0.2) is 9.18 Å². The van der Waals surface area contributed by atoms with E-state index in [-0.39, 0.29) is 11.7 Å². The highest BCUT2D eigenvalue weighted by atomic mass is 19.1. The van der Waals surface area contributed by atoms with Gasteiger partial charge in [0.25, 0.3) is 5.69 Å². The molecule has 0 aliphatic rings. The number of aromatic carboxylic acids is 1. The first-order valence-electron chi connectivity index (χ1n) is 6.74. The van der Waals surface area contributed by atoms with Crippen molar-refractivity contribution in [1.82, 2.24) is 0 Å². The van der Waals surface area contributed by atoms with Gasteiger partial charge in [0.15, 0.2) is 5.82 Å². The van der Waals surface area contributed by atoms with Gasteiger partial charge in [0.05, 0.1) is 16.7 Å². The molecule has 2 N–H and O–H groups in total. The molecule has 0 aromatic heterocycles. The lowest BCUT2D eigenvalue weighted by Crippen LogP contribution is -2.19. The minimum Gasteiger partial charge on any atom is -0.477 e. The second-order valence-electron chi connectivity index (χ2n) is 5.21. The molecule has 7 heteroatoms. The van der Waals surface area contributed by atoms with E-state index in [4.69, 9.17) is 5.11 Å². The summed E-state index contributed by atoms with van der Waals surface area (Å²) in [6, 6.07) is 1.54. The number of hydrogen-bond donors (Lipinski definition) is 2. The Bertz CT molecular complexity index is 548. The topological polar surface area (TPSA) is 92.5 Å². The van der Waals surface area contributed by atoms with E-state index in [9.17, 15) is 19.3 Å². The van der Waals surface area contributed by atoms with Crippen molar-refractivity contribution < 1.29 is 19.2 Å². The number of nitrogens with zero attached hydrogens (tertiary/aromatic N) is 1. The first-order valence-corrected chi connectivity index (χ1v) is 6.74. The number of carboxylic acids is 1. The monoisotopic (exact) mass is 298 g/mol. The minimum absolute atomic E-state index is 0.0335. The first kappa shape index (κ1) is 16.9. The van der Waals surface area contributed by atoms with Crippen LogP contribution in [0.2, 0.25) is 0 Å². The number of carbonyl (C=O) groups is 1. The molecule has 1 aromatic carbocycles. The molecule has 2 atom stereocenters. The van der Waals surface area contributed by atoms with Crippen LogP contribution in [0, 0.1) is 21.8 Å². The lowest BCUT2D eigenvalue weighted by molar-refractivity contribution is -0.385. The highest BCUT2D eigenvalue weighted by Crippen LogP contribution is 2.27. The van der Waals surface area contributed by atoms with Gasteiger partial charge in [0, 0.05) is 6.04 Å². The van der Waals surface area contributed by atoms with Crippen molar-refractivity contribution in [2.75, 3.05) is 5.32 Å². The molecule has 116 valence electrons. The second kappa shape index (κ2) is 7.01. The van der Waals surface area contributed by atoms with E-state index in [2.05, 4.69) is 12.2 Å². The molecule has 0 saturated carbocycles. The Morgan fingerprint density at radius 1 is 1.48 bits per heavy atom. The van der Waals surface area contributed by atoms with E-state index >= 15 is 0 Å². The Morgan fingerprint density at radius 2 is 2.10 bits per heavy atom. The van der Waals surface area contributed by atoms with Crippen LogP contribution in [0.3, 0.4) is 0 Å². The number of halogens is 1. The highest BCUT2D eigenvalue weighted by Gasteiger charge is 2.23. The van der Waals surface area contributed by atoms with Crippen molar-refractivity contribution in [2.24, 2.45) is 5.92 Å². The lowest BCUT2D eigenvalue weighted by atomic mass is 10.00. The Kier molecular flexibility index (Phi) is 5.63.